The molecule has 0 aliphatic carbocycles. The molecule has 0 aromatic heterocycles. The van der Waals surface area contributed by atoms with Crippen LogP contribution in [0.4, 0.5) is 5.69 Å². The number of amides is 1. The Morgan fingerprint density at radius 1 is 0.929 bits per heavy atom. The van der Waals surface area contributed by atoms with Crippen molar-refractivity contribution < 1.29 is 9.59 Å². The highest BCUT2D eigenvalue weighted by Crippen LogP contribution is 2.27. The molecule has 0 radical (unpaired) electrons. The van der Waals surface area contributed by atoms with Crippen LogP contribution in [0.2, 0.25) is 5.02 Å². The summed E-state index contributed by atoms with van der Waals surface area (Å²) in [6, 6.07) is 21.3. The van der Waals surface area contributed by atoms with Crippen molar-refractivity contribution in [2.24, 2.45) is 0 Å². The zero-order chi connectivity index (χ0) is 19.9. The van der Waals surface area contributed by atoms with Crippen molar-refractivity contribution in [2.75, 3.05) is 11.1 Å². The van der Waals surface area contributed by atoms with E-state index in [1.807, 2.05) is 24.3 Å². The number of benzene rings is 3. The minimum atomic E-state index is -0.247. The van der Waals surface area contributed by atoms with E-state index in [2.05, 4.69) is 12.2 Å². The lowest BCUT2D eigenvalue weighted by Gasteiger charge is -2.13. The molecule has 5 heteroatoms. The van der Waals surface area contributed by atoms with E-state index in [-0.39, 0.29) is 11.7 Å². The fraction of sp³-hybridized carbons (Fsp3) is 0.130. The minimum absolute atomic E-state index is 0.188. The molecule has 142 valence electrons. The molecular formula is C23H20ClNO2S. The molecule has 28 heavy (non-hydrogen) atoms. The summed E-state index contributed by atoms with van der Waals surface area (Å²) in [6.45, 7) is 2.10. The fourth-order valence-corrected chi connectivity index (χ4v) is 3.83. The molecule has 3 aromatic carbocycles. The second-order valence-corrected chi connectivity index (χ2v) is 7.76. The Morgan fingerprint density at radius 3 is 2.39 bits per heavy atom. The van der Waals surface area contributed by atoms with Crippen molar-refractivity contribution in [2.45, 2.75) is 18.2 Å². The first kappa shape index (κ1) is 20.2. The number of hydrogen-bond acceptors (Lipinski definition) is 3. The number of hydrogen-bond donors (Lipinski definition) is 1. The lowest BCUT2D eigenvalue weighted by molar-refractivity contribution is 0.102. The molecule has 3 aromatic rings. The van der Waals surface area contributed by atoms with E-state index >= 15 is 0 Å². The molecule has 3 rings (SSSR count). The predicted molar refractivity (Wildman–Crippen MR) is 117 cm³/mol. The lowest BCUT2D eigenvalue weighted by Crippen LogP contribution is -2.16. The standard InChI is InChI=1S/C23H20ClNO2S/c1-2-14-28-21-11-7-6-10-18(21)23(27)25-20-13-12-17(24)15-19(20)22(26)16-8-4-3-5-9-16/h3-13,15H,2,14H2,1H3,(H,25,27). The Labute approximate surface area is 174 Å². The van der Waals surface area contributed by atoms with Crippen molar-refractivity contribution >= 4 is 40.7 Å². The second-order valence-electron chi connectivity index (χ2n) is 6.18. The van der Waals surface area contributed by atoms with E-state index in [0.717, 1.165) is 17.1 Å². The fourth-order valence-electron chi connectivity index (χ4n) is 2.74. The minimum Gasteiger partial charge on any atom is -0.321 e. The van der Waals surface area contributed by atoms with Gasteiger partial charge in [-0.05, 0) is 42.5 Å². The molecule has 0 saturated heterocycles. The molecule has 0 fully saturated rings. The van der Waals surface area contributed by atoms with Gasteiger partial charge >= 0.3 is 0 Å². The van der Waals surface area contributed by atoms with Crippen LogP contribution in [0.1, 0.15) is 39.6 Å². The van der Waals surface area contributed by atoms with Gasteiger partial charge in [-0.15, -0.1) is 11.8 Å². The molecule has 3 nitrogen and oxygen atoms in total. The first-order valence-corrected chi connectivity index (χ1v) is 10.4. The van der Waals surface area contributed by atoms with Crippen LogP contribution >= 0.6 is 23.4 Å². The third-order valence-corrected chi connectivity index (χ3v) is 5.62. The summed E-state index contributed by atoms with van der Waals surface area (Å²) in [7, 11) is 0. The number of rotatable bonds is 7. The Bertz CT molecular complexity index is 989. The maximum absolute atomic E-state index is 12.9. The largest absolute Gasteiger partial charge is 0.321 e. The maximum atomic E-state index is 12.9. The third-order valence-electron chi connectivity index (χ3n) is 4.10. The van der Waals surface area contributed by atoms with Crippen LogP contribution in [-0.2, 0) is 0 Å². The highest BCUT2D eigenvalue weighted by Gasteiger charge is 2.18. The monoisotopic (exact) mass is 409 g/mol. The summed E-state index contributed by atoms with van der Waals surface area (Å²) in [4.78, 5) is 26.8. The quantitative estimate of drug-likeness (QED) is 0.366. The zero-order valence-electron chi connectivity index (χ0n) is 15.4. The van der Waals surface area contributed by atoms with Gasteiger partial charge in [-0.3, -0.25) is 9.59 Å². The number of thioether (sulfide) groups is 1. The van der Waals surface area contributed by atoms with Crippen LogP contribution in [0.15, 0.2) is 77.7 Å². The molecule has 0 atom stereocenters. The summed E-state index contributed by atoms with van der Waals surface area (Å²) in [5, 5.41) is 3.33. The van der Waals surface area contributed by atoms with Gasteiger partial charge < -0.3 is 5.32 Å². The molecule has 0 saturated carbocycles. The molecule has 0 bridgehead atoms. The predicted octanol–water partition coefficient (Wildman–Crippen LogP) is 6.33. The summed E-state index contributed by atoms with van der Waals surface area (Å²) in [5.41, 5.74) is 1.94. The van der Waals surface area contributed by atoms with Crippen LogP contribution in [0.3, 0.4) is 0 Å². The highest BCUT2D eigenvalue weighted by atomic mass is 35.5. The van der Waals surface area contributed by atoms with E-state index in [1.165, 1.54) is 0 Å². The number of ketones is 1. The van der Waals surface area contributed by atoms with Crippen LogP contribution in [0, 0.1) is 0 Å². The van der Waals surface area contributed by atoms with Crippen LogP contribution in [0.5, 0.6) is 0 Å². The molecule has 0 aliphatic heterocycles. The number of anilines is 1. The van der Waals surface area contributed by atoms with Crippen molar-refractivity contribution in [3.8, 4) is 0 Å². The molecular weight excluding hydrogens is 390 g/mol. The summed E-state index contributed by atoms with van der Waals surface area (Å²) in [5.74, 6) is 0.499. The van der Waals surface area contributed by atoms with Crippen LogP contribution < -0.4 is 5.32 Å². The number of carbonyl (C=O) groups excluding carboxylic acids is 2. The average molecular weight is 410 g/mol. The Kier molecular flexibility index (Phi) is 6.90. The van der Waals surface area contributed by atoms with Gasteiger partial charge in [-0.25, -0.2) is 0 Å². The van der Waals surface area contributed by atoms with Gasteiger partial charge in [-0.1, -0.05) is 61.0 Å². The SMILES string of the molecule is CCCSc1ccccc1C(=O)Nc1ccc(Cl)cc1C(=O)c1ccccc1. The van der Waals surface area contributed by atoms with E-state index < -0.39 is 0 Å². The van der Waals surface area contributed by atoms with E-state index in [0.29, 0.717) is 27.4 Å². The average Bonchev–Trinajstić information content (AvgIpc) is 2.73. The van der Waals surface area contributed by atoms with Gasteiger partial charge in [0.05, 0.1) is 11.3 Å². The summed E-state index contributed by atoms with van der Waals surface area (Å²) >= 11 is 7.76. The van der Waals surface area contributed by atoms with Gasteiger partial charge in [0.25, 0.3) is 5.91 Å². The topological polar surface area (TPSA) is 46.2 Å². The van der Waals surface area contributed by atoms with Crippen molar-refractivity contribution in [1.29, 1.82) is 0 Å². The first-order chi connectivity index (χ1) is 13.6. The molecule has 1 N–H and O–H groups in total. The molecule has 1 amide bonds. The van der Waals surface area contributed by atoms with E-state index in [1.54, 1.807) is 60.3 Å². The summed E-state index contributed by atoms with van der Waals surface area (Å²) < 4.78 is 0. The van der Waals surface area contributed by atoms with Crippen molar-refractivity contribution in [3.05, 3.63) is 94.5 Å². The number of nitrogens with one attached hydrogen (secondary N) is 1. The molecule has 0 aliphatic rings. The van der Waals surface area contributed by atoms with Gasteiger partial charge in [0.1, 0.15) is 0 Å². The Hall–Kier alpha value is -2.56. The van der Waals surface area contributed by atoms with Crippen LogP contribution in [-0.4, -0.2) is 17.4 Å². The Morgan fingerprint density at radius 2 is 1.64 bits per heavy atom. The molecule has 0 heterocycles. The lowest BCUT2D eigenvalue weighted by atomic mass is 10.0. The van der Waals surface area contributed by atoms with E-state index in [4.69, 9.17) is 11.6 Å². The van der Waals surface area contributed by atoms with Crippen molar-refractivity contribution in [3.63, 3.8) is 0 Å². The zero-order valence-corrected chi connectivity index (χ0v) is 17.0. The number of halogens is 1. The highest BCUT2D eigenvalue weighted by molar-refractivity contribution is 7.99. The summed E-state index contributed by atoms with van der Waals surface area (Å²) in [6.07, 6.45) is 1.02. The number of carbonyl (C=O) groups is 2. The Balaban J connectivity index is 1.91. The third kappa shape index (κ3) is 4.83. The van der Waals surface area contributed by atoms with E-state index in [9.17, 15) is 9.59 Å². The van der Waals surface area contributed by atoms with Gasteiger partial charge in [0.2, 0.25) is 0 Å². The van der Waals surface area contributed by atoms with Crippen molar-refractivity contribution in [1.82, 2.24) is 0 Å². The van der Waals surface area contributed by atoms with Crippen LogP contribution in [0.25, 0.3) is 0 Å². The smallest absolute Gasteiger partial charge is 0.256 e. The normalized spacial score (nSPS) is 10.5. The van der Waals surface area contributed by atoms with Gasteiger partial charge in [-0.2, -0.15) is 0 Å². The molecule has 0 spiro atoms. The first-order valence-electron chi connectivity index (χ1n) is 9.02. The van der Waals surface area contributed by atoms with Gasteiger partial charge in [0, 0.05) is 21.0 Å². The second kappa shape index (κ2) is 9.58. The maximum Gasteiger partial charge on any atom is 0.256 e. The molecule has 0 unspecified atom stereocenters. The van der Waals surface area contributed by atoms with Gasteiger partial charge in [0.15, 0.2) is 5.78 Å².